The maximum atomic E-state index is 5.79. The van der Waals surface area contributed by atoms with Gasteiger partial charge in [-0.25, -0.2) is 0 Å². The molecule has 1 aromatic heterocycles. The minimum atomic E-state index is 0.152. The molecule has 3 aromatic rings. The predicted octanol–water partition coefficient (Wildman–Crippen LogP) is 3.14. The number of hydrogen-bond donors (Lipinski definition) is 2. The van der Waals surface area contributed by atoms with Gasteiger partial charge in [-0.3, -0.25) is 5.43 Å². The zero-order valence-electron chi connectivity index (χ0n) is 10.9. The van der Waals surface area contributed by atoms with Crippen LogP contribution >= 0.6 is 12.2 Å². The van der Waals surface area contributed by atoms with E-state index in [1.807, 2.05) is 43.3 Å². The largest absolute Gasteiger partial charge is 0.456 e. The minimum absolute atomic E-state index is 0.152. The molecule has 0 fully saturated rings. The van der Waals surface area contributed by atoms with Crippen LogP contribution in [-0.4, -0.2) is 10.8 Å². The third kappa shape index (κ3) is 2.23. The number of thiocarbonyl (C=S) groups is 1. The highest BCUT2D eigenvalue weighted by Crippen LogP contribution is 2.29. The van der Waals surface area contributed by atoms with E-state index in [9.17, 15) is 0 Å². The Morgan fingerprint density at radius 2 is 1.90 bits per heavy atom. The van der Waals surface area contributed by atoms with Crippen LogP contribution in [-0.2, 0) is 0 Å². The summed E-state index contributed by atoms with van der Waals surface area (Å²) in [5, 5.41) is 6.46. The summed E-state index contributed by atoms with van der Waals surface area (Å²) in [7, 11) is 0. The van der Waals surface area contributed by atoms with Crippen molar-refractivity contribution in [3.8, 4) is 0 Å². The number of hydrazone groups is 1. The highest BCUT2D eigenvalue weighted by molar-refractivity contribution is 7.80. The third-order valence-corrected chi connectivity index (χ3v) is 3.22. The molecule has 0 amide bonds. The number of furan rings is 1. The standard InChI is InChI=1S/C15H13N3OS/c1-9(17-18-15(16)20)10-6-7-14-12(8-10)11-4-2-3-5-13(11)19-14/h2-8H,1H3,(H3,16,18,20)/b17-9-. The Morgan fingerprint density at radius 3 is 2.70 bits per heavy atom. The minimum Gasteiger partial charge on any atom is -0.456 e. The Hall–Kier alpha value is -2.40. The van der Waals surface area contributed by atoms with E-state index in [2.05, 4.69) is 16.6 Å². The number of rotatable bonds is 2. The number of hydrogen-bond acceptors (Lipinski definition) is 3. The number of nitrogens with two attached hydrogens (primary N) is 1. The zero-order valence-corrected chi connectivity index (χ0v) is 11.7. The molecule has 2 aromatic carbocycles. The number of benzene rings is 2. The van der Waals surface area contributed by atoms with E-state index in [0.29, 0.717) is 0 Å². The summed E-state index contributed by atoms with van der Waals surface area (Å²) >= 11 is 4.73. The van der Waals surface area contributed by atoms with Crippen LogP contribution in [0.15, 0.2) is 52.0 Å². The lowest BCUT2D eigenvalue weighted by atomic mass is 10.1. The molecule has 0 radical (unpaired) electrons. The first kappa shape index (κ1) is 12.6. The fourth-order valence-corrected chi connectivity index (χ4v) is 2.20. The molecule has 0 unspecified atom stereocenters. The maximum Gasteiger partial charge on any atom is 0.184 e. The summed E-state index contributed by atoms with van der Waals surface area (Å²) in [5.74, 6) is 0. The van der Waals surface area contributed by atoms with Gasteiger partial charge in [-0.15, -0.1) is 0 Å². The van der Waals surface area contributed by atoms with Crippen LogP contribution in [0.2, 0.25) is 0 Å². The molecule has 0 atom stereocenters. The molecule has 1 heterocycles. The molecule has 100 valence electrons. The van der Waals surface area contributed by atoms with Crippen molar-refractivity contribution in [2.75, 3.05) is 0 Å². The van der Waals surface area contributed by atoms with Gasteiger partial charge in [-0.1, -0.05) is 18.2 Å². The van der Waals surface area contributed by atoms with Gasteiger partial charge >= 0.3 is 0 Å². The number of fused-ring (bicyclic) bond motifs is 3. The Kier molecular flexibility index (Phi) is 3.12. The highest BCUT2D eigenvalue weighted by atomic mass is 32.1. The second-order valence-corrected chi connectivity index (χ2v) is 4.92. The van der Waals surface area contributed by atoms with Gasteiger partial charge in [0.25, 0.3) is 0 Å². The second-order valence-electron chi connectivity index (χ2n) is 4.48. The molecule has 3 rings (SSSR count). The van der Waals surface area contributed by atoms with Gasteiger partial charge in [0.1, 0.15) is 11.2 Å². The maximum absolute atomic E-state index is 5.79. The highest BCUT2D eigenvalue weighted by Gasteiger charge is 2.08. The van der Waals surface area contributed by atoms with E-state index in [1.165, 1.54) is 0 Å². The van der Waals surface area contributed by atoms with Gasteiger partial charge in [0.05, 0.1) is 5.71 Å². The molecule has 4 nitrogen and oxygen atoms in total. The summed E-state index contributed by atoms with van der Waals surface area (Å²) in [5.41, 5.74) is 11.5. The van der Waals surface area contributed by atoms with E-state index in [1.54, 1.807) is 0 Å². The van der Waals surface area contributed by atoms with Gasteiger partial charge in [-0.05, 0) is 49.0 Å². The van der Waals surface area contributed by atoms with Crippen LogP contribution in [0.3, 0.4) is 0 Å². The molecular formula is C15H13N3OS. The van der Waals surface area contributed by atoms with Crippen LogP contribution in [0.5, 0.6) is 0 Å². The second kappa shape index (κ2) is 4.94. The van der Waals surface area contributed by atoms with Gasteiger partial charge in [0.15, 0.2) is 5.11 Å². The Morgan fingerprint density at radius 1 is 1.15 bits per heavy atom. The summed E-state index contributed by atoms with van der Waals surface area (Å²) in [6.07, 6.45) is 0. The van der Waals surface area contributed by atoms with Gasteiger partial charge in [0.2, 0.25) is 0 Å². The number of nitrogens with zero attached hydrogens (tertiary/aromatic N) is 1. The summed E-state index contributed by atoms with van der Waals surface area (Å²) in [6.45, 7) is 1.90. The van der Waals surface area contributed by atoms with E-state index in [-0.39, 0.29) is 5.11 Å². The normalized spacial score (nSPS) is 11.9. The molecule has 0 saturated carbocycles. The molecular weight excluding hydrogens is 270 g/mol. The third-order valence-electron chi connectivity index (χ3n) is 3.13. The van der Waals surface area contributed by atoms with Gasteiger partial charge in [0, 0.05) is 10.8 Å². The molecule has 5 heteroatoms. The quantitative estimate of drug-likeness (QED) is 0.431. The number of para-hydroxylation sites is 1. The van der Waals surface area contributed by atoms with E-state index in [0.717, 1.165) is 33.2 Å². The van der Waals surface area contributed by atoms with Crippen LogP contribution < -0.4 is 11.2 Å². The van der Waals surface area contributed by atoms with Crippen molar-refractivity contribution >= 4 is 45.0 Å². The molecule has 0 bridgehead atoms. The lowest BCUT2D eigenvalue weighted by Gasteiger charge is -2.02. The fraction of sp³-hybridized carbons (Fsp3) is 0.0667. The summed E-state index contributed by atoms with van der Waals surface area (Å²) < 4.78 is 5.79. The average Bonchev–Trinajstić information content (AvgIpc) is 2.82. The molecule has 0 aliphatic heterocycles. The van der Waals surface area contributed by atoms with E-state index < -0.39 is 0 Å². The topological polar surface area (TPSA) is 63.5 Å². The Bertz CT molecular complexity index is 835. The van der Waals surface area contributed by atoms with E-state index in [4.69, 9.17) is 22.4 Å². The molecule has 0 aliphatic carbocycles. The monoisotopic (exact) mass is 283 g/mol. The van der Waals surface area contributed by atoms with Crippen molar-refractivity contribution in [1.82, 2.24) is 5.43 Å². The first-order valence-corrected chi connectivity index (χ1v) is 6.57. The summed E-state index contributed by atoms with van der Waals surface area (Å²) in [6, 6.07) is 13.9. The van der Waals surface area contributed by atoms with Crippen LogP contribution in [0.1, 0.15) is 12.5 Å². The smallest absolute Gasteiger partial charge is 0.184 e. The first-order valence-electron chi connectivity index (χ1n) is 6.16. The van der Waals surface area contributed by atoms with Crippen molar-refractivity contribution < 1.29 is 4.42 Å². The lowest BCUT2D eigenvalue weighted by molar-refractivity contribution is 0.669. The Labute approximate surface area is 121 Å². The average molecular weight is 283 g/mol. The van der Waals surface area contributed by atoms with Crippen molar-refractivity contribution in [1.29, 1.82) is 0 Å². The zero-order chi connectivity index (χ0) is 14.1. The molecule has 0 spiro atoms. The lowest BCUT2D eigenvalue weighted by Crippen LogP contribution is -2.25. The van der Waals surface area contributed by atoms with Crippen LogP contribution in [0, 0.1) is 0 Å². The van der Waals surface area contributed by atoms with Gasteiger partial charge in [-0.2, -0.15) is 5.10 Å². The first-order chi connectivity index (χ1) is 9.65. The van der Waals surface area contributed by atoms with Crippen molar-refractivity contribution in [2.45, 2.75) is 6.92 Å². The number of nitrogens with one attached hydrogen (secondary N) is 1. The van der Waals surface area contributed by atoms with Gasteiger partial charge < -0.3 is 10.2 Å². The molecule has 20 heavy (non-hydrogen) atoms. The molecule has 0 aliphatic rings. The summed E-state index contributed by atoms with van der Waals surface area (Å²) in [4.78, 5) is 0. The van der Waals surface area contributed by atoms with E-state index >= 15 is 0 Å². The Balaban J connectivity index is 2.12. The fourth-order valence-electron chi connectivity index (χ4n) is 2.15. The van der Waals surface area contributed by atoms with Crippen LogP contribution in [0.4, 0.5) is 0 Å². The van der Waals surface area contributed by atoms with Crippen molar-refractivity contribution in [3.05, 3.63) is 48.0 Å². The van der Waals surface area contributed by atoms with Crippen molar-refractivity contribution in [2.24, 2.45) is 10.8 Å². The van der Waals surface area contributed by atoms with Crippen molar-refractivity contribution in [3.63, 3.8) is 0 Å². The molecule has 3 N–H and O–H groups in total. The van der Waals surface area contributed by atoms with Crippen LogP contribution in [0.25, 0.3) is 21.9 Å². The SMILES string of the molecule is C/C(=N/NC(N)=S)c1ccc2oc3ccccc3c2c1. The predicted molar refractivity (Wildman–Crippen MR) is 85.9 cm³/mol. The molecule has 0 saturated heterocycles.